The number of thiazole rings is 1. The number of aromatic nitrogens is 2. The SMILES string of the molecule is NC(=O)c1csc(-n2cccc2)n1. The third-order valence-electron chi connectivity index (χ3n) is 1.57. The molecule has 0 aromatic carbocycles. The summed E-state index contributed by atoms with van der Waals surface area (Å²) in [4.78, 5) is 14.8. The van der Waals surface area contributed by atoms with Gasteiger partial charge in [-0.25, -0.2) is 4.98 Å². The molecule has 0 spiro atoms. The summed E-state index contributed by atoms with van der Waals surface area (Å²) in [6, 6.07) is 3.79. The van der Waals surface area contributed by atoms with E-state index in [0.29, 0.717) is 5.69 Å². The molecule has 2 aromatic rings. The topological polar surface area (TPSA) is 60.9 Å². The number of rotatable bonds is 2. The predicted molar refractivity (Wildman–Crippen MR) is 50.0 cm³/mol. The normalized spacial score (nSPS) is 10.2. The van der Waals surface area contributed by atoms with Gasteiger partial charge in [0, 0.05) is 17.8 Å². The third-order valence-corrected chi connectivity index (χ3v) is 2.42. The molecule has 4 nitrogen and oxygen atoms in total. The molecule has 0 atom stereocenters. The summed E-state index contributed by atoms with van der Waals surface area (Å²) in [5, 5.41) is 2.40. The quantitative estimate of drug-likeness (QED) is 0.774. The van der Waals surface area contributed by atoms with Gasteiger partial charge in [0.15, 0.2) is 5.13 Å². The molecule has 0 fully saturated rings. The molecule has 0 unspecified atom stereocenters. The number of amides is 1. The van der Waals surface area contributed by atoms with Crippen LogP contribution in [0.5, 0.6) is 0 Å². The first-order valence-corrected chi connectivity index (χ1v) is 4.54. The van der Waals surface area contributed by atoms with Gasteiger partial charge in [-0.3, -0.25) is 4.79 Å². The van der Waals surface area contributed by atoms with Crippen molar-refractivity contribution in [3.63, 3.8) is 0 Å². The van der Waals surface area contributed by atoms with Crippen LogP contribution in [0.2, 0.25) is 0 Å². The van der Waals surface area contributed by atoms with Crippen molar-refractivity contribution in [2.45, 2.75) is 0 Å². The molecule has 2 aromatic heterocycles. The highest BCUT2D eigenvalue weighted by Crippen LogP contribution is 2.14. The largest absolute Gasteiger partial charge is 0.364 e. The molecule has 2 N–H and O–H groups in total. The number of carbonyl (C=O) groups excluding carboxylic acids is 1. The fraction of sp³-hybridized carbons (Fsp3) is 0. The summed E-state index contributed by atoms with van der Waals surface area (Å²) >= 11 is 1.39. The van der Waals surface area contributed by atoms with Crippen LogP contribution in [-0.2, 0) is 0 Å². The minimum Gasteiger partial charge on any atom is -0.364 e. The molecule has 0 saturated carbocycles. The highest BCUT2D eigenvalue weighted by Gasteiger charge is 2.06. The van der Waals surface area contributed by atoms with Gasteiger partial charge < -0.3 is 10.3 Å². The fourth-order valence-electron chi connectivity index (χ4n) is 0.958. The van der Waals surface area contributed by atoms with Gasteiger partial charge in [-0.2, -0.15) is 0 Å². The molecule has 0 radical (unpaired) electrons. The van der Waals surface area contributed by atoms with Crippen molar-refractivity contribution in [1.29, 1.82) is 0 Å². The highest BCUT2D eigenvalue weighted by atomic mass is 32.1. The predicted octanol–water partition coefficient (Wildman–Crippen LogP) is 1.03. The Morgan fingerprint density at radius 3 is 2.69 bits per heavy atom. The lowest BCUT2D eigenvalue weighted by Crippen LogP contribution is -2.11. The Morgan fingerprint density at radius 2 is 2.15 bits per heavy atom. The van der Waals surface area contributed by atoms with E-state index in [2.05, 4.69) is 4.98 Å². The maximum absolute atomic E-state index is 10.7. The lowest BCUT2D eigenvalue weighted by molar-refractivity contribution is 0.0996. The van der Waals surface area contributed by atoms with E-state index in [1.165, 1.54) is 11.3 Å². The Balaban J connectivity index is 2.39. The summed E-state index contributed by atoms with van der Waals surface area (Å²) in [5.74, 6) is -0.491. The van der Waals surface area contributed by atoms with Gasteiger partial charge in [-0.1, -0.05) is 0 Å². The molecule has 13 heavy (non-hydrogen) atoms. The van der Waals surface area contributed by atoms with E-state index in [0.717, 1.165) is 5.13 Å². The molecular weight excluding hydrogens is 186 g/mol. The molecule has 1 amide bonds. The molecule has 66 valence electrons. The van der Waals surface area contributed by atoms with Crippen LogP contribution >= 0.6 is 11.3 Å². The van der Waals surface area contributed by atoms with Crippen molar-refractivity contribution < 1.29 is 4.79 Å². The minimum absolute atomic E-state index is 0.314. The summed E-state index contributed by atoms with van der Waals surface area (Å²) in [7, 11) is 0. The van der Waals surface area contributed by atoms with Crippen molar-refractivity contribution in [1.82, 2.24) is 9.55 Å². The lowest BCUT2D eigenvalue weighted by Gasteiger charge is -1.93. The van der Waals surface area contributed by atoms with Crippen LogP contribution < -0.4 is 5.73 Å². The maximum atomic E-state index is 10.7. The van der Waals surface area contributed by atoms with Crippen molar-refractivity contribution in [3.05, 3.63) is 35.6 Å². The third kappa shape index (κ3) is 1.46. The van der Waals surface area contributed by atoms with Crippen molar-refractivity contribution in [3.8, 4) is 5.13 Å². The van der Waals surface area contributed by atoms with E-state index < -0.39 is 5.91 Å². The number of carbonyl (C=O) groups is 1. The molecular formula is C8H7N3OS. The maximum Gasteiger partial charge on any atom is 0.268 e. The smallest absolute Gasteiger partial charge is 0.268 e. The second-order valence-corrected chi connectivity index (χ2v) is 3.31. The minimum atomic E-state index is -0.491. The first-order valence-electron chi connectivity index (χ1n) is 3.66. The first-order chi connectivity index (χ1) is 6.27. The molecule has 2 heterocycles. The van der Waals surface area contributed by atoms with Gasteiger partial charge in [-0.05, 0) is 12.1 Å². The van der Waals surface area contributed by atoms with Crippen LogP contribution in [0.4, 0.5) is 0 Å². The van der Waals surface area contributed by atoms with E-state index in [9.17, 15) is 4.79 Å². The van der Waals surface area contributed by atoms with Gasteiger partial charge >= 0.3 is 0 Å². The monoisotopic (exact) mass is 193 g/mol. The summed E-state index contributed by atoms with van der Waals surface area (Å²) in [6.07, 6.45) is 3.73. The standard InChI is InChI=1S/C8H7N3OS/c9-7(12)6-5-13-8(10-6)11-3-1-2-4-11/h1-5H,(H2,9,12). The van der Waals surface area contributed by atoms with Crippen LogP contribution in [-0.4, -0.2) is 15.5 Å². The zero-order chi connectivity index (χ0) is 9.26. The molecule has 0 saturated heterocycles. The van der Waals surface area contributed by atoms with Crippen molar-refractivity contribution >= 4 is 17.2 Å². The van der Waals surface area contributed by atoms with Crippen molar-refractivity contribution in [2.24, 2.45) is 5.73 Å². The summed E-state index contributed by atoms with van der Waals surface area (Å²) in [5.41, 5.74) is 5.39. The molecule has 0 bridgehead atoms. The Bertz CT molecular complexity index is 418. The van der Waals surface area contributed by atoms with Crippen molar-refractivity contribution in [2.75, 3.05) is 0 Å². The van der Waals surface area contributed by atoms with Gasteiger partial charge in [0.25, 0.3) is 5.91 Å². The number of primary amides is 1. The van der Waals surface area contributed by atoms with E-state index in [1.54, 1.807) is 5.38 Å². The molecule has 0 aliphatic carbocycles. The van der Waals surface area contributed by atoms with E-state index in [1.807, 2.05) is 29.1 Å². The number of hydrogen-bond donors (Lipinski definition) is 1. The van der Waals surface area contributed by atoms with Crippen LogP contribution in [0.15, 0.2) is 29.9 Å². The molecule has 5 heteroatoms. The molecule has 0 aliphatic rings. The number of nitrogens with zero attached hydrogens (tertiary/aromatic N) is 2. The van der Waals surface area contributed by atoms with Crippen LogP contribution in [0.3, 0.4) is 0 Å². The Kier molecular flexibility index (Phi) is 1.86. The number of hydrogen-bond acceptors (Lipinski definition) is 3. The lowest BCUT2D eigenvalue weighted by atomic mass is 10.5. The number of nitrogens with two attached hydrogens (primary N) is 1. The van der Waals surface area contributed by atoms with Gasteiger partial charge in [0.1, 0.15) is 5.69 Å². The van der Waals surface area contributed by atoms with Gasteiger partial charge in [-0.15, -0.1) is 11.3 Å². The molecule has 2 rings (SSSR count). The second kappa shape index (κ2) is 3.02. The Morgan fingerprint density at radius 1 is 1.46 bits per heavy atom. The fourth-order valence-corrected chi connectivity index (χ4v) is 1.74. The Hall–Kier alpha value is -1.62. The van der Waals surface area contributed by atoms with E-state index >= 15 is 0 Å². The zero-order valence-corrected chi connectivity index (χ0v) is 7.49. The molecule has 0 aliphatic heterocycles. The van der Waals surface area contributed by atoms with Crippen LogP contribution in [0.1, 0.15) is 10.5 Å². The average Bonchev–Trinajstić information content (AvgIpc) is 2.75. The van der Waals surface area contributed by atoms with E-state index in [-0.39, 0.29) is 0 Å². The average molecular weight is 193 g/mol. The van der Waals surface area contributed by atoms with Gasteiger partial charge in [0.2, 0.25) is 0 Å². The first kappa shape index (κ1) is 8.00. The van der Waals surface area contributed by atoms with Crippen LogP contribution in [0, 0.1) is 0 Å². The Labute approximate surface area is 78.6 Å². The zero-order valence-electron chi connectivity index (χ0n) is 6.68. The van der Waals surface area contributed by atoms with Crippen LogP contribution in [0.25, 0.3) is 5.13 Å². The van der Waals surface area contributed by atoms with E-state index in [4.69, 9.17) is 5.73 Å². The van der Waals surface area contributed by atoms with Gasteiger partial charge in [0.05, 0.1) is 0 Å². The summed E-state index contributed by atoms with van der Waals surface area (Å²) in [6.45, 7) is 0. The second-order valence-electron chi connectivity index (χ2n) is 2.47. The highest BCUT2D eigenvalue weighted by molar-refractivity contribution is 7.12. The summed E-state index contributed by atoms with van der Waals surface area (Å²) < 4.78 is 1.83.